The molecule has 0 aromatic carbocycles. The van der Waals surface area contributed by atoms with Crippen LogP contribution in [-0.2, 0) is 14.3 Å². The van der Waals surface area contributed by atoms with Crippen LogP contribution in [0.3, 0.4) is 0 Å². The van der Waals surface area contributed by atoms with Gasteiger partial charge in [0.1, 0.15) is 0 Å². The maximum Gasteiger partial charge on any atom is 0.220 e. The molecule has 0 radical (unpaired) electrons. The lowest BCUT2D eigenvalue weighted by Crippen LogP contribution is -2.68. The molecule has 0 unspecified atom stereocenters. The maximum atomic E-state index is 11.9. The first-order valence-electron chi connectivity index (χ1n) is 7.38. The Bertz CT molecular complexity index is 368. The third-order valence-corrected chi connectivity index (χ3v) is 4.80. The van der Waals surface area contributed by atoms with Crippen molar-refractivity contribution in [3.8, 4) is 0 Å². The smallest absolute Gasteiger partial charge is 0.220 e. The molecular weight excluding hydrogens is 256 g/mol. The molecule has 0 aromatic rings. The van der Waals surface area contributed by atoms with Crippen LogP contribution in [-0.4, -0.2) is 37.1 Å². The van der Waals surface area contributed by atoms with Crippen molar-refractivity contribution in [1.29, 1.82) is 0 Å². The molecule has 0 bridgehead atoms. The Morgan fingerprint density at radius 2 is 1.80 bits per heavy atom. The summed E-state index contributed by atoms with van der Waals surface area (Å²) in [5.41, 5.74) is -0.247. The van der Waals surface area contributed by atoms with Gasteiger partial charge < -0.3 is 15.4 Å². The molecule has 1 saturated carbocycles. The number of hydrogen-bond donors (Lipinski definition) is 2. The quantitative estimate of drug-likeness (QED) is 0.746. The van der Waals surface area contributed by atoms with E-state index in [0.29, 0.717) is 25.8 Å². The number of ether oxygens (including phenoxy) is 1. The number of methoxy groups -OCH3 is 1. The van der Waals surface area contributed by atoms with E-state index in [2.05, 4.69) is 31.4 Å². The molecule has 1 aliphatic carbocycles. The highest BCUT2D eigenvalue weighted by atomic mass is 16.5. The predicted octanol–water partition coefficient (Wildman–Crippen LogP) is 1.61. The summed E-state index contributed by atoms with van der Waals surface area (Å²) < 4.78 is 5.54. The molecule has 2 atom stereocenters. The fraction of sp³-hybridized carbons (Fsp3) is 0.867. The van der Waals surface area contributed by atoms with Gasteiger partial charge in [-0.2, -0.15) is 0 Å². The van der Waals surface area contributed by atoms with Crippen molar-refractivity contribution in [2.75, 3.05) is 13.7 Å². The van der Waals surface area contributed by atoms with Crippen LogP contribution in [0.1, 0.15) is 53.4 Å². The van der Waals surface area contributed by atoms with Crippen LogP contribution in [0.4, 0.5) is 0 Å². The lowest BCUT2D eigenvalue weighted by atomic mass is 9.56. The molecule has 1 rings (SSSR count). The van der Waals surface area contributed by atoms with E-state index in [-0.39, 0.29) is 28.9 Å². The Hall–Kier alpha value is -1.10. The summed E-state index contributed by atoms with van der Waals surface area (Å²) >= 11 is 0. The van der Waals surface area contributed by atoms with Crippen LogP contribution in [0.25, 0.3) is 0 Å². The van der Waals surface area contributed by atoms with Crippen LogP contribution >= 0.6 is 0 Å². The number of amides is 2. The summed E-state index contributed by atoms with van der Waals surface area (Å²) in [6.45, 7) is 8.82. The first-order chi connectivity index (χ1) is 9.26. The molecule has 5 nitrogen and oxygen atoms in total. The van der Waals surface area contributed by atoms with Crippen molar-refractivity contribution in [3.63, 3.8) is 0 Å². The standard InChI is InChI=1S/C15H28N2O3/c1-6-16-12(18)8-7-9-13(19)17-11-10-15(4,20-5)14(11,2)3/h11H,6-10H2,1-5H3,(H,16,18)(H,17,19)/t11-,15-/m0/s1. The summed E-state index contributed by atoms with van der Waals surface area (Å²) in [6, 6.07) is 0.143. The van der Waals surface area contributed by atoms with Gasteiger partial charge in [-0.15, -0.1) is 0 Å². The fourth-order valence-corrected chi connectivity index (χ4v) is 2.68. The molecule has 0 spiro atoms. The van der Waals surface area contributed by atoms with Crippen LogP contribution in [0.2, 0.25) is 0 Å². The number of carbonyl (C=O) groups excluding carboxylic acids is 2. The van der Waals surface area contributed by atoms with Crippen molar-refractivity contribution >= 4 is 11.8 Å². The third-order valence-electron chi connectivity index (χ3n) is 4.80. The summed E-state index contributed by atoms with van der Waals surface area (Å²) in [6.07, 6.45) is 2.23. The Balaban J connectivity index is 2.29. The highest BCUT2D eigenvalue weighted by Crippen LogP contribution is 2.51. The maximum absolute atomic E-state index is 11.9. The Morgan fingerprint density at radius 3 is 2.30 bits per heavy atom. The van der Waals surface area contributed by atoms with E-state index >= 15 is 0 Å². The topological polar surface area (TPSA) is 67.4 Å². The lowest BCUT2D eigenvalue weighted by Gasteiger charge is -2.59. The van der Waals surface area contributed by atoms with Crippen molar-refractivity contribution in [2.24, 2.45) is 5.41 Å². The van der Waals surface area contributed by atoms with Gasteiger partial charge in [0, 0.05) is 38.0 Å². The SMILES string of the molecule is CCNC(=O)CCCC(=O)N[C@H]1C[C@](C)(OC)C1(C)C. The third kappa shape index (κ3) is 3.51. The Kier molecular flexibility index (Phi) is 5.57. The number of rotatable bonds is 7. The normalized spacial score (nSPS) is 27.6. The van der Waals surface area contributed by atoms with Crippen molar-refractivity contribution in [3.05, 3.63) is 0 Å². The predicted molar refractivity (Wildman–Crippen MR) is 78.3 cm³/mol. The van der Waals surface area contributed by atoms with Gasteiger partial charge in [0.05, 0.1) is 5.60 Å². The first-order valence-corrected chi connectivity index (χ1v) is 7.38. The van der Waals surface area contributed by atoms with Crippen molar-refractivity contribution < 1.29 is 14.3 Å². The average Bonchev–Trinajstić information content (AvgIpc) is 2.38. The molecule has 0 saturated heterocycles. The summed E-state index contributed by atoms with van der Waals surface area (Å²) in [5.74, 6) is 0.0294. The van der Waals surface area contributed by atoms with Gasteiger partial charge in [0.2, 0.25) is 11.8 Å². The van der Waals surface area contributed by atoms with E-state index < -0.39 is 0 Å². The van der Waals surface area contributed by atoms with E-state index in [0.717, 1.165) is 6.42 Å². The monoisotopic (exact) mass is 284 g/mol. The van der Waals surface area contributed by atoms with Crippen LogP contribution in [0, 0.1) is 5.41 Å². The molecule has 0 heterocycles. The van der Waals surface area contributed by atoms with Crippen molar-refractivity contribution in [1.82, 2.24) is 10.6 Å². The molecule has 20 heavy (non-hydrogen) atoms. The fourth-order valence-electron chi connectivity index (χ4n) is 2.68. The number of hydrogen-bond acceptors (Lipinski definition) is 3. The molecule has 1 fully saturated rings. The van der Waals surface area contributed by atoms with E-state index in [9.17, 15) is 9.59 Å². The highest BCUT2D eigenvalue weighted by Gasteiger charge is 2.58. The number of nitrogens with one attached hydrogen (secondary N) is 2. The molecule has 0 aromatic heterocycles. The van der Waals surface area contributed by atoms with E-state index in [1.807, 2.05) is 6.92 Å². The van der Waals surface area contributed by atoms with Crippen molar-refractivity contribution in [2.45, 2.75) is 65.0 Å². The second-order valence-corrected chi connectivity index (χ2v) is 6.29. The molecule has 2 amide bonds. The lowest BCUT2D eigenvalue weighted by molar-refractivity contribution is -0.182. The van der Waals surface area contributed by atoms with Crippen LogP contribution < -0.4 is 10.6 Å². The van der Waals surface area contributed by atoms with E-state index in [1.165, 1.54) is 0 Å². The largest absolute Gasteiger partial charge is 0.378 e. The minimum Gasteiger partial charge on any atom is -0.378 e. The van der Waals surface area contributed by atoms with Gasteiger partial charge in [-0.1, -0.05) is 13.8 Å². The molecular formula is C15H28N2O3. The summed E-state index contributed by atoms with van der Waals surface area (Å²) in [4.78, 5) is 23.2. The van der Waals surface area contributed by atoms with Gasteiger partial charge in [-0.25, -0.2) is 0 Å². The zero-order valence-corrected chi connectivity index (χ0v) is 13.3. The summed E-state index contributed by atoms with van der Waals surface area (Å²) in [5, 5.41) is 5.78. The first kappa shape index (κ1) is 17.0. The molecule has 116 valence electrons. The second kappa shape index (κ2) is 6.57. The zero-order valence-electron chi connectivity index (χ0n) is 13.3. The minimum absolute atomic E-state index is 0.0104. The molecule has 1 aliphatic rings. The van der Waals surface area contributed by atoms with Crippen LogP contribution in [0.15, 0.2) is 0 Å². The molecule has 2 N–H and O–H groups in total. The Labute approximate surface area is 121 Å². The summed E-state index contributed by atoms with van der Waals surface area (Å²) in [7, 11) is 1.71. The minimum atomic E-state index is -0.175. The highest BCUT2D eigenvalue weighted by molar-refractivity contribution is 5.79. The molecule has 5 heteroatoms. The van der Waals surface area contributed by atoms with Gasteiger partial charge in [-0.05, 0) is 26.7 Å². The number of carbonyl (C=O) groups is 2. The van der Waals surface area contributed by atoms with Gasteiger partial charge in [0.25, 0.3) is 0 Å². The van der Waals surface area contributed by atoms with Gasteiger partial charge in [-0.3, -0.25) is 9.59 Å². The second-order valence-electron chi connectivity index (χ2n) is 6.29. The van der Waals surface area contributed by atoms with E-state index in [1.54, 1.807) is 7.11 Å². The molecule has 0 aliphatic heterocycles. The zero-order chi connectivity index (χ0) is 15.4. The van der Waals surface area contributed by atoms with E-state index in [4.69, 9.17) is 4.74 Å². The van der Waals surface area contributed by atoms with Gasteiger partial charge >= 0.3 is 0 Å². The van der Waals surface area contributed by atoms with Gasteiger partial charge in [0.15, 0.2) is 0 Å². The Morgan fingerprint density at radius 1 is 1.20 bits per heavy atom. The average molecular weight is 284 g/mol. The van der Waals surface area contributed by atoms with Crippen LogP contribution in [0.5, 0.6) is 0 Å².